The van der Waals surface area contributed by atoms with Crippen molar-refractivity contribution in [2.75, 3.05) is 32.8 Å². The van der Waals surface area contributed by atoms with E-state index in [2.05, 4.69) is 10.1 Å². The van der Waals surface area contributed by atoms with Crippen molar-refractivity contribution in [3.63, 3.8) is 0 Å². The molecule has 0 fully saturated rings. The van der Waals surface area contributed by atoms with E-state index < -0.39 is 5.97 Å². The maximum absolute atomic E-state index is 12.5. The molecule has 144 valence electrons. The molecule has 2 aromatic carbocycles. The van der Waals surface area contributed by atoms with E-state index in [1.54, 1.807) is 30.3 Å². The molecule has 1 N–H and O–H groups in total. The maximum Gasteiger partial charge on any atom is 0.343 e. The molecule has 0 unspecified atom stereocenters. The van der Waals surface area contributed by atoms with Crippen LogP contribution in [0.3, 0.4) is 0 Å². The van der Waals surface area contributed by atoms with E-state index in [4.69, 9.17) is 25.8 Å². The Labute approximate surface area is 162 Å². The van der Waals surface area contributed by atoms with E-state index in [1.807, 2.05) is 6.92 Å². The summed E-state index contributed by atoms with van der Waals surface area (Å²) < 4.78 is 20.5. The monoisotopic (exact) mass is 393 g/mol. The van der Waals surface area contributed by atoms with Crippen LogP contribution in [0.4, 0.5) is 5.69 Å². The summed E-state index contributed by atoms with van der Waals surface area (Å²) in [5.74, 6) is 0.283. The summed E-state index contributed by atoms with van der Waals surface area (Å²) in [5, 5.41) is 3.01. The SMILES string of the molecule is CCOc1c(Cl)cc(C(=O)Nc2cccc(OCC(=O)OC)c2)cc1OC. The van der Waals surface area contributed by atoms with Gasteiger partial charge in [-0.3, -0.25) is 4.79 Å². The first kappa shape index (κ1) is 20.4. The number of anilines is 1. The van der Waals surface area contributed by atoms with E-state index in [9.17, 15) is 9.59 Å². The third kappa shape index (κ3) is 5.52. The van der Waals surface area contributed by atoms with Crippen LogP contribution < -0.4 is 19.5 Å². The minimum atomic E-state index is -0.499. The summed E-state index contributed by atoms with van der Waals surface area (Å²) in [7, 11) is 2.75. The Kier molecular flexibility index (Phi) is 7.31. The first-order chi connectivity index (χ1) is 13.0. The lowest BCUT2D eigenvalue weighted by molar-refractivity contribution is -0.142. The molecule has 2 rings (SSSR count). The fourth-order valence-corrected chi connectivity index (χ4v) is 2.47. The van der Waals surface area contributed by atoms with Crippen molar-refractivity contribution in [2.45, 2.75) is 6.92 Å². The number of carbonyl (C=O) groups excluding carboxylic acids is 2. The van der Waals surface area contributed by atoms with Crippen LogP contribution in [0.25, 0.3) is 0 Å². The van der Waals surface area contributed by atoms with E-state index in [1.165, 1.54) is 20.3 Å². The highest BCUT2D eigenvalue weighted by molar-refractivity contribution is 6.32. The number of hydrogen-bond acceptors (Lipinski definition) is 6. The van der Waals surface area contributed by atoms with Gasteiger partial charge in [0.05, 0.1) is 25.8 Å². The van der Waals surface area contributed by atoms with Gasteiger partial charge in [-0.2, -0.15) is 0 Å². The Morgan fingerprint density at radius 3 is 2.56 bits per heavy atom. The zero-order valence-corrected chi connectivity index (χ0v) is 16.0. The Hall–Kier alpha value is -2.93. The number of ether oxygens (including phenoxy) is 4. The molecular formula is C19H20ClNO6. The highest BCUT2D eigenvalue weighted by atomic mass is 35.5. The van der Waals surface area contributed by atoms with Gasteiger partial charge in [-0.25, -0.2) is 4.79 Å². The predicted octanol–water partition coefficient (Wildman–Crippen LogP) is 3.55. The predicted molar refractivity (Wildman–Crippen MR) is 101 cm³/mol. The van der Waals surface area contributed by atoms with Crippen molar-refractivity contribution in [2.24, 2.45) is 0 Å². The lowest BCUT2D eigenvalue weighted by atomic mass is 10.1. The zero-order valence-electron chi connectivity index (χ0n) is 15.2. The van der Waals surface area contributed by atoms with Gasteiger partial charge in [0.25, 0.3) is 5.91 Å². The molecule has 8 heteroatoms. The average molecular weight is 394 g/mol. The molecule has 0 heterocycles. The molecule has 0 spiro atoms. The number of amides is 1. The normalized spacial score (nSPS) is 10.1. The average Bonchev–Trinajstić information content (AvgIpc) is 2.67. The van der Waals surface area contributed by atoms with Gasteiger partial charge in [-0.05, 0) is 31.2 Å². The first-order valence-corrected chi connectivity index (χ1v) is 8.47. The van der Waals surface area contributed by atoms with Crippen LogP contribution in [0.15, 0.2) is 36.4 Å². The molecule has 0 aromatic heterocycles. The summed E-state index contributed by atoms with van der Waals surface area (Å²) >= 11 is 6.20. The summed E-state index contributed by atoms with van der Waals surface area (Å²) in [5.41, 5.74) is 0.799. The first-order valence-electron chi connectivity index (χ1n) is 8.09. The molecule has 1 amide bonds. The van der Waals surface area contributed by atoms with Crippen LogP contribution in [-0.4, -0.2) is 39.3 Å². The van der Waals surface area contributed by atoms with E-state index in [0.29, 0.717) is 35.1 Å². The van der Waals surface area contributed by atoms with Gasteiger partial charge < -0.3 is 24.3 Å². The molecule has 7 nitrogen and oxygen atoms in total. The fraction of sp³-hybridized carbons (Fsp3) is 0.263. The number of rotatable bonds is 8. The van der Waals surface area contributed by atoms with Crippen molar-refractivity contribution in [3.05, 3.63) is 47.0 Å². The largest absolute Gasteiger partial charge is 0.493 e. The van der Waals surface area contributed by atoms with Crippen molar-refractivity contribution >= 4 is 29.2 Å². The maximum atomic E-state index is 12.5. The third-order valence-electron chi connectivity index (χ3n) is 3.46. The molecule has 2 aromatic rings. The highest BCUT2D eigenvalue weighted by Gasteiger charge is 2.16. The Bertz CT molecular complexity index is 824. The molecule has 0 aliphatic rings. The quantitative estimate of drug-likeness (QED) is 0.690. The molecule has 0 atom stereocenters. The van der Waals surface area contributed by atoms with Gasteiger partial charge in [0, 0.05) is 17.3 Å². The Balaban J connectivity index is 2.15. The van der Waals surface area contributed by atoms with Gasteiger partial charge in [-0.15, -0.1) is 0 Å². The molecule has 0 saturated carbocycles. The molecule has 27 heavy (non-hydrogen) atoms. The third-order valence-corrected chi connectivity index (χ3v) is 3.74. The van der Waals surface area contributed by atoms with Crippen molar-refractivity contribution in [1.82, 2.24) is 0 Å². The number of carbonyl (C=O) groups is 2. The summed E-state index contributed by atoms with van der Waals surface area (Å²) in [6.45, 7) is 2.02. The zero-order chi connectivity index (χ0) is 19.8. The standard InChI is InChI=1S/C19H20ClNO6/c1-4-26-18-15(20)8-12(9-16(18)24-2)19(23)21-13-6-5-7-14(10-13)27-11-17(22)25-3/h5-10H,4,11H2,1-3H3,(H,21,23). The molecular weight excluding hydrogens is 374 g/mol. The summed E-state index contributed by atoms with van der Waals surface area (Å²) in [4.78, 5) is 23.7. The fourth-order valence-electron chi connectivity index (χ4n) is 2.20. The van der Waals surface area contributed by atoms with Crippen LogP contribution >= 0.6 is 11.6 Å². The van der Waals surface area contributed by atoms with Gasteiger partial charge in [0.1, 0.15) is 5.75 Å². The Morgan fingerprint density at radius 1 is 1.11 bits per heavy atom. The smallest absolute Gasteiger partial charge is 0.343 e. The van der Waals surface area contributed by atoms with Crippen molar-refractivity contribution in [3.8, 4) is 17.2 Å². The van der Waals surface area contributed by atoms with Crippen molar-refractivity contribution in [1.29, 1.82) is 0 Å². The van der Waals surface area contributed by atoms with Crippen LogP contribution in [0.1, 0.15) is 17.3 Å². The molecule has 0 aliphatic carbocycles. The summed E-state index contributed by atoms with van der Waals surface area (Å²) in [6.07, 6.45) is 0. The summed E-state index contributed by atoms with van der Waals surface area (Å²) in [6, 6.07) is 9.68. The highest BCUT2D eigenvalue weighted by Crippen LogP contribution is 2.36. The van der Waals surface area contributed by atoms with E-state index >= 15 is 0 Å². The van der Waals surface area contributed by atoms with Gasteiger partial charge in [0.2, 0.25) is 0 Å². The minimum Gasteiger partial charge on any atom is -0.493 e. The van der Waals surface area contributed by atoms with E-state index in [-0.39, 0.29) is 17.5 Å². The van der Waals surface area contributed by atoms with Crippen LogP contribution in [0.5, 0.6) is 17.2 Å². The van der Waals surface area contributed by atoms with Crippen molar-refractivity contribution < 1.29 is 28.5 Å². The number of nitrogens with one attached hydrogen (secondary N) is 1. The van der Waals surface area contributed by atoms with Crippen LogP contribution in [0, 0.1) is 0 Å². The number of hydrogen-bond donors (Lipinski definition) is 1. The number of halogens is 1. The number of methoxy groups -OCH3 is 2. The van der Waals surface area contributed by atoms with Gasteiger partial charge in [-0.1, -0.05) is 17.7 Å². The number of esters is 1. The molecule has 0 bridgehead atoms. The number of benzene rings is 2. The van der Waals surface area contributed by atoms with Gasteiger partial charge in [0.15, 0.2) is 18.1 Å². The second kappa shape index (κ2) is 9.68. The lowest BCUT2D eigenvalue weighted by Crippen LogP contribution is -2.14. The topological polar surface area (TPSA) is 83.1 Å². The van der Waals surface area contributed by atoms with Crippen LogP contribution in [0.2, 0.25) is 5.02 Å². The molecule has 0 aliphatic heterocycles. The van der Waals surface area contributed by atoms with Crippen LogP contribution in [-0.2, 0) is 9.53 Å². The van der Waals surface area contributed by atoms with E-state index in [0.717, 1.165) is 0 Å². The van der Waals surface area contributed by atoms with Gasteiger partial charge >= 0.3 is 5.97 Å². The lowest BCUT2D eigenvalue weighted by Gasteiger charge is -2.13. The second-order valence-corrected chi connectivity index (χ2v) is 5.68. The minimum absolute atomic E-state index is 0.223. The Morgan fingerprint density at radius 2 is 1.89 bits per heavy atom. The second-order valence-electron chi connectivity index (χ2n) is 5.27. The molecule has 0 saturated heterocycles. The molecule has 0 radical (unpaired) electrons.